The molecule has 0 saturated heterocycles. The van der Waals surface area contributed by atoms with Crippen LogP contribution in [0.4, 0.5) is 0 Å². The van der Waals surface area contributed by atoms with Crippen molar-refractivity contribution in [2.75, 3.05) is 0 Å². The lowest BCUT2D eigenvalue weighted by Gasteiger charge is -2.17. The summed E-state index contributed by atoms with van der Waals surface area (Å²) in [6, 6.07) is -0.0880. The van der Waals surface area contributed by atoms with Crippen molar-refractivity contribution in [3.63, 3.8) is 0 Å². The van der Waals surface area contributed by atoms with E-state index in [0.29, 0.717) is 5.23 Å². The van der Waals surface area contributed by atoms with E-state index in [1.165, 1.54) is 0 Å². The van der Waals surface area contributed by atoms with Crippen molar-refractivity contribution < 1.29 is 10.4 Å². The first kappa shape index (κ1) is 8.88. The Morgan fingerprint density at radius 3 is 2.00 bits per heavy atom. The molecule has 0 aliphatic carbocycles. The lowest BCUT2D eigenvalue weighted by atomic mass is 10.1. The molecular formula is C6H15NO2. The van der Waals surface area contributed by atoms with Gasteiger partial charge in [0.15, 0.2) is 0 Å². The Bertz CT molecular complexity index is 66.1. The standard InChI is InChI=1S/C6H15NO2/c1-3-5-6(4-2)7(8)9/h6,8-9H,3-5H2,1-2H3. The second-order valence-electron chi connectivity index (χ2n) is 2.17. The van der Waals surface area contributed by atoms with Crippen molar-refractivity contribution in [3.05, 3.63) is 0 Å². The third kappa shape index (κ3) is 3.46. The second-order valence-corrected chi connectivity index (χ2v) is 2.17. The van der Waals surface area contributed by atoms with Crippen LogP contribution in [-0.4, -0.2) is 21.7 Å². The summed E-state index contributed by atoms with van der Waals surface area (Å²) in [5.74, 6) is 0. The molecule has 0 bridgehead atoms. The van der Waals surface area contributed by atoms with E-state index < -0.39 is 0 Å². The zero-order valence-corrected chi connectivity index (χ0v) is 6.04. The fourth-order valence-corrected chi connectivity index (χ4v) is 0.816. The minimum atomic E-state index is -0.0880. The molecule has 1 unspecified atom stereocenters. The van der Waals surface area contributed by atoms with Crippen LogP contribution < -0.4 is 0 Å². The van der Waals surface area contributed by atoms with Gasteiger partial charge in [-0.05, 0) is 12.8 Å². The SMILES string of the molecule is CCCC(CC)N(O)O. The number of hydrogen-bond donors (Lipinski definition) is 2. The molecule has 0 fully saturated rings. The van der Waals surface area contributed by atoms with Gasteiger partial charge in [0.25, 0.3) is 0 Å². The van der Waals surface area contributed by atoms with E-state index in [1.807, 2.05) is 13.8 Å². The van der Waals surface area contributed by atoms with Gasteiger partial charge in [-0.3, -0.25) is 10.4 Å². The maximum Gasteiger partial charge on any atom is 0.0621 e. The summed E-state index contributed by atoms with van der Waals surface area (Å²) in [5.41, 5.74) is 0. The van der Waals surface area contributed by atoms with Crippen LogP contribution in [0.15, 0.2) is 0 Å². The minimum absolute atomic E-state index is 0.0880. The lowest BCUT2D eigenvalue weighted by molar-refractivity contribution is -0.332. The van der Waals surface area contributed by atoms with E-state index in [-0.39, 0.29) is 6.04 Å². The Balaban J connectivity index is 3.41. The molecule has 3 nitrogen and oxygen atoms in total. The number of hydrogen-bond acceptors (Lipinski definition) is 3. The maximum absolute atomic E-state index is 8.53. The quantitative estimate of drug-likeness (QED) is 0.573. The summed E-state index contributed by atoms with van der Waals surface area (Å²) in [5, 5.41) is 17.4. The monoisotopic (exact) mass is 133 g/mol. The Kier molecular flexibility index (Phi) is 4.67. The molecule has 0 aliphatic heterocycles. The molecule has 0 aromatic carbocycles. The van der Waals surface area contributed by atoms with Gasteiger partial charge in [0, 0.05) is 0 Å². The van der Waals surface area contributed by atoms with E-state index in [2.05, 4.69) is 0 Å². The highest BCUT2D eigenvalue weighted by Crippen LogP contribution is 2.05. The van der Waals surface area contributed by atoms with Crippen molar-refractivity contribution in [2.45, 2.75) is 39.2 Å². The molecule has 0 aliphatic rings. The smallest absolute Gasteiger partial charge is 0.0621 e. The van der Waals surface area contributed by atoms with Crippen LogP contribution >= 0.6 is 0 Å². The molecule has 2 N–H and O–H groups in total. The summed E-state index contributed by atoms with van der Waals surface area (Å²) in [6.45, 7) is 3.95. The lowest BCUT2D eigenvalue weighted by Crippen LogP contribution is -2.27. The predicted molar refractivity (Wildman–Crippen MR) is 34.4 cm³/mol. The average Bonchev–Trinajstić information content (AvgIpc) is 1.82. The van der Waals surface area contributed by atoms with Crippen LogP contribution in [0.3, 0.4) is 0 Å². The van der Waals surface area contributed by atoms with Gasteiger partial charge in [-0.15, -0.1) is 0 Å². The van der Waals surface area contributed by atoms with Gasteiger partial charge in [-0.2, -0.15) is 0 Å². The normalized spacial score (nSPS) is 14.3. The van der Waals surface area contributed by atoms with Crippen molar-refractivity contribution in [1.29, 1.82) is 0 Å². The summed E-state index contributed by atoms with van der Waals surface area (Å²) in [6.07, 6.45) is 2.60. The first-order chi connectivity index (χ1) is 4.22. The number of hydroxylamine groups is 2. The van der Waals surface area contributed by atoms with Crippen molar-refractivity contribution in [1.82, 2.24) is 5.23 Å². The third-order valence-electron chi connectivity index (χ3n) is 1.42. The molecule has 0 aromatic rings. The van der Waals surface area contributed by atoms with Gasteiger partial charge < -0.3 is 0 Å². The first-order valence-electron chi connectivity index (χ1n) is 3.39. The Hall–Kier alpha value is -0.120. The molecular weight excluding hydrogens is 118 g/mol. The van der Waals surface area contributed by atoms with Crippen LogP contribution in [0.25, 0.3) is 0 Å². The summed E-state index contributed by atoms with van der Waals surface area (Å²) in [7, 11) is 0. The second kappa shape index (κ2) is 4.73. The number of rotatable bonds is 4. The molecule has 9 heavy (non-hydrogen) atoms. The predicted octanol–water partition coefficient (Wildman–Crippen LogP) is 1.65. The Morgan fingerprint density at radius 1 is 1.33 bits per heavy atom. The third-order valence-corrected chi connectivity index (χ3v) is 1.42. The molecule has 1 atom stereocenters. The molecule has 0 amide bonds. The van der Waals surface area contributed by atoms with Crippen molar-refractivity contribution in [3.8, 4) is 0 Å². The largest absolute Gasteiger partial charge is 0.289 e. The summed E-state index contributed by atoms with van der Waals surface area (Å²) < 4.78 is 0. The van der Waals surface area contributed by atoms with Crippen molar-refractivity contribution in [2.24, 2.45) is 0 Å². The van der Waals surface area contributed by atoms with E-state index in [9.17, 15) is 0 Å². The molecule has 0 aromatic heterocycles. The van der Waals surface area contributed by atoms with Gasteiger partial charge in [-0.1, -0.05) is 25.5 Å². The van der Waals surface area contributed by atoms with Crippen LogP contribution in [0.5, 0.6) is 0 Å². The molecule has 0 radical (unpaired) electrons. The zero-order chi connectivity index (χ0) is 7.28. The van der Waals surface area contributed by atoms with Crippen molar-refractivity contribution >= 4 is 0 Å². The highest BCUT2D eigenvalue weighted by Gasteiger charge is 2.09. The first-order valence-corrected chi connectivity index (χ1v) is 3.39. The maximum atomic E-state index is 8.53. The molecule has 56 valence electrons. The summed E-state index contributed by atoms with van der Waals surface area (Å²) in [4.78, 5) is 0. The number of nitrogens with zero attached hydrogens (tertiary/aromatic N) is 1. The fraction of sp³-hybridized carbons (Fsp3) is 1.00. The molecule has 0 rings (SSSR count). The Morgan fingerprint density at radius 2 is 1.89 bits per heavy atom. The van der Waals surface area contributed by atoms with E-state index in [1.54, 1.807) is 0 Å². The van der Waals surface area contributed by atoms with Crippen LogP contribution in [0, 0.1) is 0 Å². The average molecular weight is 133 g/mol. The van der Waals surface area contributed by atoms with Gasteiger partial charge in [0.05, 0.1) is 6.04 Å². The van der Waals surface area contributed by atoms with Crippen LogP contribution in [0.2, 0.25) is 0 Å². The topological polar surface area (TPSA) is 43.7 Å². The van der Waals surface area contributed by atoms with Gasteiger partial charge in [0.2, 0.25) is 0 Å². The van der Waals surface area contributed by atoms with E-state index in [0.717, 1.165) is 19.3 Å². The van der Waals surface area contributed by atoms with Gasteiger partial charge in [0.1, 0.15) is 0 Å². The molecule has 3 heteroatoms. The van der Waals surface area contributed by atoms with Gasteiger partial charge >= 0.3 is 0 Å². The highest BCUT2D eigenvalue weighted by molar-refractivity contribution is 4.55. The zero-order valence-electron chi connectivity index (χ0n) is 6.04. The molecule has 0 saturated carbocycles. The molecule has 0 spiro atoms. The van der Waals surface area contributed by atoms with Crippen LogP contribution in [0.1, 0.15) is 33.1 Å². The molecule has 0 heterocycles. The van der Waals surface area contributed by atoms with Crippen LogP contribution in [-0.2, 0) is 0 Å². The Labute approximate surface area is 55.8 Å². The fourth-order valence-electron chi connectivity index (χ4n) is 0.816. The van der Waals surface area contributed by atoms with E-state index in [4.69, 9.17) is 10.4 Å². The van der Waals surface area contributed by atoms with E-state index >= 15 is 0 Å². The minimum Gasteiger partial charge on any atom is -0.289 e. The summed E-state index contributed by atoms with van der Waals surface area (Å²) >= 11 is 0. The van der Waals surface area contributed by atoms with Gasteiger partial charge in [-0.25, -0.2) is 0 Å². The highest BCUT2D eigenvalue weighted by atomic mass is 16.8.